The Kier molecular flexibility index (Phi) is 5.80. The molecule has 0 amide bonds. The molecule has 1 aliphatic heterocycles. The molecule has 32 heavy (non-hydrogen) atoms. The predicted octanol–water partition coefficient (Wildman–Crippen LogP) is 5.33. The highest BCUT2D eigenvalue weighted by Gasteiger charge is 2.47. The molecule has 5 rings (SSSR count). The molecule has 1 aromatic carbocycles. The molecule has 0 bridgehead atoms. The molecule has 6 nitrogen and oxygen atoms in total. The molecule has 2 aliphatic rings. The fraction of sp³-hybridized carbons (Fsp3) is 0.400. The first-order valence-corrected chi connectivity index (χ1v) is 11.4. The topological polar surface area (TPSA) is 58.4 Å². The van der Waals surface area contributed by atoms with E-state index in [1.807, 2.05) is 19.1 Å². The van der Waals surface area contributed by atoms with Crippen molar-refractivity contribution in [1.82, 2.24) is 14.5 Å². The van der Waals surface area contributed by atoms with Crippen molar-refractivity contribution in [1.29, 1.82) is 0 Å². The standard InChI is InChI=1S/C25H27N3O3S/c1-17-12-21(29-14-22-26-10-3-11-27-22)13-23(32)28(17)18(2)19-4-6-20(7-5-19)24-30-15-25(8-9-25)16-31-24/h3-7,10-13,18,24H,8-9,14-16H2,1-2H3/t18-/m1/s1. The van der Waals surface area contributed by atoms with Gasteiger partial charge in [0.2, 0.25) is 0 Å². The second-order valence-electron chi connectivity index (χ2n) is 8.79. The van der Waals surface area contributed by atoms with Gasteiger partial charge in [-0.1, -0.05) is 36.5 Å². The van der Waals surface area contributed by atoms with E-state index in [1.165, 1.54) is 18.4 Å². The van der Waals surface area contributed by atoms with Gasteiger partial charge in [0.25, 0.3) is 0 Å². The lowest BCUT2D eigenvalue weighted by atomic mass is 10.0. The van der Waals surface area contributed by atoms with Crippen molar-refractivity contribution < 1.29 is 14.2 Å². The van der Waals surface area contributed by atoms with Crippen molar-refractivity contribution >= 4 is 12.2 Å². The first-order chi connectivity index (χ1) is 15.5. The third kappa shape index (κ3) is 4.46. The molecular weight excluding hydrogens is 422 g/mol. The summed E-state index contributed by atoms with van der Waals surface area (Å²) in [6.45, 7) is 6.11. The minimum atomic E-state index is -0.264. The lowest BCUT2D eigenvalue weighted by molar-refractivity contribution is -0.212. The molecule has 166 valence electrons. The zero-order chi connectivity index (χ0) is 22.1. The van der Waals surface area contributed by atoms with Gasteiger partial charge in [0, 0.05) is 35.1 Å². The number of ether oxygens (including phenoxy) is 3. The molecule has 1 aliphatic carbocycles. The van der Waals surface area contributed by atoms with Crippen LogP contribution in [0.3, 0.4) is 0 Å². The maximum absolute atomic E-state index is 5.97. The van der Waals surface area contributed by atoms with Gasteiger partial charge in [-0.15, -0.1) is 0 Å². The molecule has 2 fully saturated rings. The Balaban J connectivity index is 1.28. The Hall–Kier alpha value is -2.61. The highest BCUT2D eigenvalue weighted by atomic mass is 32.1. The van der Waals surface area contributed by atoms with E-state index in [2.05, 4.69) is 45.7 Å². The van der Waals surface area contributed by atoms with Crippen LogP contribution in [0.5, 0.6) is 5.75 Å². The monoisotopic (exact) mass is 449 g/mol. The zero-order valence-corrected chi connectivity index (χ0v) is 19.2. The summed E-state index contributed by atoms with van der Waals surface area (Å²) in [5.41, 5.74) is 3.58. The summed E-state index contributed by atoms with van der Waals surface area (Å²) in [5.74, 6) is 1.36. The Labute approximate surface area is 193 Å². The fourth-order valence-corrected chi connectivity index (χ4v) is 4.57. The van der Waals surface area contributed by atoms with Gasteiger partial charge >= 0.3 is 0 Å². The van der Waals surface area contributed by atoms with Gasteiger partial charge in [-0.3, -0.25) is 0 Å². The Morgan fingerprint density at radius 3 is 2.44 bits per heavy atom. The predicted molar refractivity (Wildman–Crippen MR) is 123 cm³/mol. The van der Waals surface area contributed by atoms with Crippen LogP contribution in [-0.2, 0) is 16.1 Å². The molecule has 2 aromatic heterocycles. The number of rotatable bonds is 6. The molecule has 1 saturated heterocycles. The minimum Gasteiger partial charge on any atom is -0.485 e. The number of aryl methyl sites for hydroxylation is 1. The van der Waals surface area contributed by atoms with Crippen LogP contribution in [0.25, 0.3) is 0 Å². The van der Waals surface area contributed by atoms with Crippen molar-refractivity contribution in [2.45, 2.75) is 45.6 Å². The first kappa shape index (κ1) is 21.2. The molecule has 0 N–H and O–H groups in total. The molecule has 0 unspecified atom stereocenters. The average molecular weight is 450 g/mol. The molecule has 1 atom stereocenters. The molecule has 3 heterocycles. The van der Waals surface area contributed by atoms with Gasteiger partial charge in [-0.2, -0.15) is 0 Å². The molecule has 1 saturated carbocycles. The zero-order valence-electron chi connectivity index (χ0n) is 18.4. The highest BCUT2D eigenvalue weighted by molar-refractivity contribution is 7.71. The van der Waals surface area contributed by atoms with Gasteiger partial charge in [0.05, 0.1) is 19.3 Å². The van der Waals surface area contributed by atoms with Gasteiger partial charge in [-0.05, 0) is 44.4 Å². The van der Waals surface area contributed by atoms with E-state index in [9.17, 15) is 0 Å². The van der Waals surface area contributed by atoms with Gasteiger partial charge in [0.15, 0.2) is 12.1 Å². The van der Waals surface area contributed by atoms with Crippen molar-refractivity contribution in [3.63, 3.8) is 0 Å². The fourth-order valence-electron chi connectivity index (χ4n) is 4.15. The van der Waals surface area contributed by atoms with Crippen LogP contribution < -0.4 is 4.74 Å². The normalized spacial score (nSPS) is 18.4. The number of nitrogens with zero attached hydrogens (tertiary/aromatic N) is 3. The summed E-state index contributed by atoms with van der Waals surface area (Å²) in [6, 6.07) is 14.2. The largest absolute Gasteiger partial charge is 0.485 e. The average Bonchev–Trinajstić information content (AvgIpc) is 3.57. The van der Waals surface area contributed by atoms with Gasteiger partial charge in [0.1, 0.15) is 17.0 Å². The van der Waals surface area contributed by atoms with Crippen LogP contribution in [-0.4, -0.2) is 27.7 Å². The van der Waals surface area contributed by atoms with Crippen LogP contribution in [0.15, 0.2) is 54.9 Å². The Morgan fingerprint density at radius 1 is 1.12 bits per heavy atom. The number of hydrogen-bond acceptors (Lipinski definition) is 6. The number of benzene rings is 1. The van der Waals surface area contributed by atoms with Crippen LogP contribution in [0.2, 0.25) is 0 Å². The van der Waals surface area contributed by atoms with Crippen molar-refractivity contribution in [3.05, 3.63) is 82.1 Å². The van der Waals surface area contributed by atoms with E-state index in [0.717, 1.165) is 34.9 Å². The van der Waals surface area contributed by atoms with E-state index in [0.29, 0.717) is 17.8 Å². The van der Waals surface area contributed by atoms with E-state index >= 15 is 0 Å². The van der Waals surface area contributed by atoms with E-state index in [4.69, 9.17) is 26.4 Å². The van der Waals surface area contributed by atoms with Gasteiger partial charge < -0.3 is 18.8 Å². The van der Waals surface area contributed by atoms with Crippen molar-refractivity contribution in [2.75, 3.05) is 13.2 Å². The molecule has 0 radical (unpaired) electrons. The van der Waals surface area contributed by atoms with Crippen LogP contribution in [0.1, 0.15) is 54.7 Å². The van der Waals surface area contributed by atoms with E-state index in [-0.39, 0.29) is 12.3 Å². The molecule has 1 spiro atoms. The number of pyridine rings is 1. The van der Waals surface area contributed by atoms with Crippen molar-refractivity contribution in [2.24, 2.45) is 5.41 Å². The van der Waals surface area contributed by atoms with Crippen LogP contribution >= 0.6 is 12.2 Å². The Morgan fingerprint density at radius 2 is 1.81 bits per heavy atom. The summed E-state index contributed by atoms with van der Waals surface area (Å²) in [6.07, 6.45) is 5.59. The van der Waals surface area contributed by atoms with Gasteiger partial charge in [-0.25, -0.2) is 9.97 Å². The smallest absolute Gasteiger partial charge is 0.183 e. The second kappa shape index (κ2) is 8.73. The SMILES string of the molecule is Cc1cc(OCc2ncccn2)cc(=S)n1[C@H](C)c1ccc(C2OCC3(CC3)CO2)cc1. The highest BCUT2D eigenvalue weighted by Crippen LogP contribution is 2.50. The summed E-state index contributed by atoms with van der Waals surface area (Å²) < 4.78 is 20.7. The molecular formula is C25H27N3O3S. The van der Waals surface area contributed by atoms with Crippen LogP contribution in [0.4, 0.5) is 0 Å². The minimum absolute atomic E-state index is 0.0889. The summed E-state index contributed by atoms with van der Waals surface area (Å²) >= 11 is 5.70. The lowest BCUT2D eigenvalue weighted by Crippen LogP contribution is -2.28. The second-order valence-corrected chi connectivity index (χ2v) is 9.21. The maximum Gasteiger partial charge on any atom is 0.183 e. The summed E-state index contributed by atoms with van der Waals surface area (Å²) in [7, 11) is 0. The van der Waals surface area contributed by atoms with Crippen molar-refractivity contribution in [3.8, 4) is 5.75 Å². The lowest BCUT2D eigenvalue weighted by Gasteiger charge is -2.30. The maximum atomic E-state index is 5.97. The van der Waals surface area contributed by atoms with E-state index in [1.54, 1.807) is 18.5 Å². The summed E-state index contributed by atoms with van der Waals surface area (Å²) in [4.78, 5) is 8.38. The first-order valence-electron chi connectivity index (χ1n) is 11.0. The Bertz CT molecular complexity index is 1130. The third-order valence-corrected chi connectivity index (χ3v) is 6.65. The van der Waals surface area contributed by atoms with Crippen LogP contribution in [0, 0.1) is 17.0 Å². The third-order valence-electron chi connectivity index (χ3n) is 6.34. The number of aromatic nitrogens is 3. The molecule has 7 heteroatoms. The molecule has 3 aromatic rings. The quantitative estimate of drug-likeness (QED) is 0.474. The van der Waals surface area contributed by atoms with E-state index < -0.39 is 0 Å². The summed E-state index contributed by atoms with van der Waals surface area (Å²) in [5, 5.41) is 0. The number of hydrogen-bond donors (Lipinski definition) is 0.